The van der Waals surface area contributed by atoms with Crippen molar-refractivity contribution in [2.45, 2.75) is 31.2 Å². The Morgan fingerprint density at radius 1 is 1.40 bits per heavy atom. The van der Waals surface area contributed by atoms with Gasteiger partial charge in [0.1, 0.15) is 0 Å². The summed E-state index contributed by atoms with van der Waals surface area (Å²) >= 11 is 3.70. The molecule has 0 aliphatic carbocycles. The van der Waals surface area contributed by atoms with Crippen molar-refractivity contribution >= 4 is 29.1 Å². The van der Waals surface area contributed by atoms with Crippen LogP contribution < -0.4 is 5.32 Å². The van der Waals surface area contributed by atoms with Gasteiger partial charge in [0.25, 0.3) is 0 Å². The lowest BCUT2D eigenvalue weighted by Gasteiger charge is -2.21. The van der Waals surface area contributed by atoms with Gasteiger partial charge in [-0.25, -0.2) is 4.98 Å². The number of thioether (sulfide) groups is 1. The lowest BCUT2D eigenvalue weighted by atomic mass is 10.2. The van der Waals surface area contributed by atoms with Gasteiger partial charge in [-0.3, -0.25) is 4.99 Å². The molecule has 134 valence electrons. The first-order chi connectivity index (χ1) is 12.3. The fourth-order valence-electron chi connectivity index (χ4n) is 2.99. The zero-order valence-corrected chi connectivity index (χ0v) is 16.6. The van der Waals surface area contributed by atoms with Gasteiger partial charge in [-0.05, 0) is 30.9 Å². The van der Waals surface area contributed by atoms with E-state index in [1.165, 1.54) is 22.1 Å². The molecule has 2 heterocycles. The number of aromatic nitrogens is 1. The highest BCUT2D eigenvalue weighted by atomic mass is 32.2. The number of likely N-dealkylation sites (tertiary alicyclic amines) is 1. The van der Waals surface area contributed by atoms with E-state index in [1.54, 1.807) is 11.3 Å². The fraction of sp³-hybridized carbons (Fsp3) is 0.474. The van der Waals surface area contributed by atoms with Crippen LogP contribution in [0.1, 0.15) is 24.0 Å². The molecule has 0 amide bonds. The Hall–Kier alpha value is -1.53. The van der Waals surface area contributed by atoms with E-state index in [2.05, 4.69) is 62.8 Å². The Morgan fingerprint density at radius 2 is 2.24 bits per heavy atom. The Bertz CT molecular complexity index is 684. The minimum Gasteiger partial charge on any atom is -0.351 e. The van der Waals surface area contributed by atoms with Gasteiger partial charge in [0.2, 0.25) is 0 Å². The second-order valence-corrected chi connectivity index (χ2v) is 8.25. The average Bonchev–Trinajstić information content (AvgIpc) is 3.31. The average molecular weight is 375 g/mol. The van der Waals surface area contributed by atoms with E-state index in [-0.39, 0.29) is 0 Å². The molecule has 1 saturated heterocycles. The summed E-state index contributed by atoms with van der Waals surface area (Å²) in [6.45, 7) is 5.06. The van der Waals surface area contributed by atoms with E-state index >= 15 is 0 Å². The van der Waals surface area contributed by atoms with Gasteiger partial charge >= 0.3 is 0 Å². The van der Waals surface area contributed by atoms with Crippen LogP contribution in [0.2, 0.25) is 0 Å². The summed E-state index contributed by atoms with van der Waals surface area (Å²) in [7, 11) is 1.87. The summed E-state index contributed by atoms with van der Waals surface area (Å²) in [6, 6.07) is 10.7. The number of benzene rings is 1. The predicted molar refractivity (Wildman–Crippen MR) is 109 cm³/mol. The highest BCUT2D eigenvalue weighted by molar-refractivity contribution is 7.99. The van der Waals surface area contributed by atoms with Crippen molar-refractivity contribution in [3.63, 3.8) is 0 Å². The van der Waals surface area contributed by atoms with E-state index in [4.69, 9.17) is 0 Å². The molecule has 1 fully saturated rings. The lowest BCUT2D eigenvalue weighted by molar-refractivity contribution is 0.474. The summed E-state index contributed by atoms with van der Waals surface area (Å²) in [4.78, 5) is 12.8. The monoisotopic (exact) mass is 374 g/mol. The van der Waals surface area contributed by atoms with Crippen molar-refractivity contribution in [2.75, 3.05) is 25.9 Å². The first-order valence-electron chi connectivity index (χ1n) is 8.85. The molecule has 1 aliphatic heterocycles. The van der Waals surface area contributed by atoms with Crippen molar-refractivity contribution in [2.24, 2.45) is 10.9 Å². The summed E-state index contributed by atoms with van der Waals surface area (Å²) in [5, 5.41) is 6.81. The molecule has 1 aromatic carbocycles. The van der Waals surface area contributed by atoms with Gasteiger partial charge in [0, 0.05) is 36.2 Å². The minimum absolute atomic E-state index is 0.717. The van der Waals surface area contributed by atoms with Crippen molar-refractivity contribution in [1.29, 1.82) is 0 Å². The van der Waals surface area contributed by atoms with E-state index in [0.29, 0.717) is 0 Å². The number of thiazole rings is 1. The molecular weight excluding hydrogens is 348 g/mol. The standard InChI is InChI=1S/C19H26N4S2/c1-3-18-22-16(14-25-18)11-21-19(20-2)23-10-9-15(12-23)13-24-17-7-5-4-6-8-17/h4-8,14-15H,3,9-13H2,1-2H3,(H,20,21). The molecule has 1 aliphatic rings. The predicted octanol–water partition coefficient (Wildman–Crippen LogP) is 3.90. The summed E-state index contributed by atoms with van der Waals surface area (Å²) in [5.41, 5.74) is 1.11. The number of hydrogen-bond acceptors (Lipinski definition) is 4. The van der Waals surface area contributed by atoms with Crippen LogP contribution in [0.15, 0.2) is 45.6 Å². The van der Waals surface area contributed by atoms with Gasteiger partial charge in [0.05, 0.1) is 17.2 Å². The highest BCUT2D eigenvalue weighted by Gasteiger charge is 2.24. The maximum absolute atomic E-state index is 4.62. The third-order valence-electron chi connectivity index (χ3n) is 4.36. The van der Waals surface area contributed by atoms with Crippen molar-refractivity contribution in [1.82, 2.24) is 15.2 Å². The Morgan fingerprint density at radius 3 is 2.96 bits per heavy atom. The summed E-state index contributed by atoms with van der Waals surface area (Å²) in [6.07, 6.45) is 2.24. The number of rotatable bonds is 6. The third kappa shape index (κ3) is 5.22. The largest absolute Gasteiger partial charge is 0.351 e. The molecule has 1 aromatic heterocycles. The molecule has 0 bridgehead atoms. The topological polar surface area (TPSA) is 40.5 Å². The normalized spacial score (nSPS) is 17.9. The van der Waals surface area contributed by atoms with E-state index in [9.17, 15) is 0 Å². The van der Waals surface area contributed by atoms with Crippen molar-refractivity contribution in [3.05, 3.63) is 46.4 Å². The second kappa shape index (κ2) is 9.25. The number of nitrogens with one attached hydrogen (secondary N) is 1. The smallest absolute Gasteiger partial charge is 0.193 e. The number of nitrogens with zero attached hydrogens (tertiary/aromatic N) is 3. The van der Waals surface area contributed by atoms with Gasteiger partial charge in [-0.2, -0.15) is 0 Å². The third-order valence-corrected chi connectivity index (χ3v) is 6.64. The van der Waals surface area contributed by atoms with Gasteiger partial charge in [0.15, 0.2) is 5.96 Å². The first kappa shape index (κ1) is 18.3. The van der Waals surface area contributed by atoms with E-state index < -0.39 is 0 Å². The molecule has 4 nitrogen and oxygen atoms in total. The quantitative estimate of drug-likeness (QED) is 0.473. The van der Waals surface area contributed by atoms with E-state index in [0.717, 1.165) is 43.6 Å². The van der Waals surface area contributed by atoms with Gasteiger partial charge < -0.3 is 10.2 Å². The molecule has 2 aromatic rings. The highest BCUT2D eigenvalue weighted by Crippen LogP contribution is 2.25. The maximum atomic E-state index is 4.62. The lowest BCUT2D eigenvalue weighted by Crippen LogP contribution is -2.39. The molecule has 1 atom stereocenters. The molecule has 1 N–H and O–H groups in total. The van der Waals surface area contributed by atoms with Crippen LogP contribution in [-0.4, -0.2) is 41.7 Å². The minimum atomic E-state index is 0.717. The van der Waals surface area contributed by atoms with Crippen molar-refractivity contribution < 1.29 is 0 Å². The fourth-order valence-corrected chi connectivity index (χ4v) is 4.78. The maximum Gasteiger partial charge on any atom is 0.193 e. The molecule has 1 unspecified atom stereocenters. The molecule has 0 radical (unpaired) electrons. The van der Waals surface area contributed by atoms with Crippen LogP contribution in [0.5, 0.6) is 0 Å². The second-order valence-electron chi connectivity index (χ2n) is 6.21. The van der Waals surface area contributed by atoms with Gasteiger partial charge in [-0.1, -0.05) is 25.1 Å². The van der Waals surface area contributed by atoms with Crippen molar-refractivity contribution in [3.8, 4) is 0 Å². The molecule has 0 spiro atoms. The van der Waals surface area contributed by atoms with Gasteiger partial charge in [-0.15, -0.1) is 23.1 Å². The Labute approximate surface area is 158 Å². The van der Waals surface area contributed by atoms with Crippen LogP contribution >= 0.6 is 23.1 Å². The first-order valence-corrected chi connectivity index (χ1v) is 10.7. The SMILES string of the molecule is CCc1nc(CNC(=NC)N2CCC(CSc3ccccc3)C2)cs1. The number of guanidine groups is 1. The van der Waals surface area contributed by atoms with Crippen LogP contribution in [0.4, 0.5) is 0 Å². The summed E-state index contributed by atoms with van der Waals surface area (Å²) in [5.74, 6) is 2.89. The molecule has 3 rings (SSSR count). The zero-order valence-electron chi connectivity index (χ0n) is 14.9. The zero-order chi connectivity index (χ0) is 17.5. The molecule has 0 saturated carbocycles. The molecule has 25 heavy (non-hydrogen) atoms. The Kier molecular flexibility index (Phi) is 6.76. The summed E-state index contributed by atoms with van der Waals surface area (Å²) < 4.78 is 0. The van der Waals surface area contributed by atoms with Crippen LogP contribution in [0.25, 0.3) is 0 Å². The van der Waals surface area contributed by atoms with E-state index in [1.807, 2.05) is 18.8 Å². The number of aliphatic imine (C=N–C) groups is 1. The van der Waals surface area contributed by atoms with Crippen LogP contribution in [-0.2, 0) is 13.0 Å². The molecular formula is C19H26N4S2. The number of hydrogen-bond donors (Lipinski definition) is 1. The van der Waals surface area contributed by atoms with Crippen LogP contribution in [0, 0.1) is 5.92 Å². The number of aryl methyl sites for hydroxylation is 1. The molecule has 6 heteroatoms. The Balaban J connectivity index is 1.46. The van der Waals surface area contributed by atoms with Crippen LogP contribution in [0.3, 0.4) is 0 Å².